The summed E-state index contributed by atoms with van der Waals surface area (Å²) in [7, 11) is 0. The fraction of sp³-hybridized carbons (Fsp3) is 0.947. The fourth-order valence-electron chi connectivity index (χ4n) is 4.81. The molecule has 0 aromatic rings. The summed E-state index contributed by atoms with van der Waals surface area (Å²) >= 11 is 0. The van der Waals surface area contributed by atoms with E-state index in [1.807, 2.05) is 0 Å². The molecule has 0 aromatic carbocycles. The molecule has 1 amide bonds. The first-order chi connectivity index (χ1) is 13.6. The third-order valence-electron chi connectivity index (χ3n) is 6.53. The molecule has 5 unspecified atom stereocenters. The number of nitrogens with zero attached hydrogens (tertiary/aromatic N) is 1. The molecule has 0 aromatic heterocycles. The molecule has 3 saturated heterocycles. The van der Waals surface area contributed by atoms with Crippen molar-refractivity contribution in [2.24, 2.45) is 0 Å². The number of hydrogen-bond acceptors (Lipinski definition) is 5. The van der Waals surface area contributed by atoms with Gasteiger partial charge in [0.2, 0.25) is 11.8 Å². The summed E-state index contributed by atoms with van der Waals surface area (Å²) in [6.45, 7) is -0.156. The molecule has 10 heteroatoms. The quantitative estimate of drug-likeness (QED) is 0.658. The number of nitrogens with one attached hydrogen (secondary N) is 1. The van der Waals surface area contributed by atoms with E-state index in [0.29, 0.717) is 25.8 Å². The number of aliphatic hydroxyl groups is 1. The van der Waals surface area contributed by atoms with Gasteiger partial charge in [-0.1, -0.05) is 0 Å². The van der Waals surface area contributed by atoms with Crippen molar-refractivity contribution in [2.75, 3.05) is 19.6 Å². The van der Waals surface area contributed by atoms with Crippen molar-refractivity contribution in [3.05, 3.63) is 0 Å². The maximum atomic E-state index is 13.3. The molecule has 1 saturated carbocycles. The second kappa shape index (κ2) is 7.94. The summed E-state index contributed by atoms with van der Waals surface area (Å²) in [4.78, 5) is 13.4. The van der Waals surface area contributed by atoms with E-state index in [1.165, 1.54) is 0 Å². The number of halogens is 4. The number of alkyl halides is 4. The molecule has 1 aliphatic carbocycles. The van der Waals surface area contributed by atoms with Crippen LogP contribution in [0.1, 0.15) is 44.9 Å². The van der Waals surface area contributed by atoms with Gasteiger partial charge >= 0.3 is 0 Å². The van der Waals surface area contributed by atoms with E-state index in [2.05, 4.69) is 5.32 Å². The van der Waals surface area contributed by atoms with E-state index in [1.54, 1.807) is 0 Å². The number of rotatable bonds is 5. The van der Waals surface area contributed by atoms with E-state index < -0.39 is 42.8 Å². The summed E-state index contributed by atoms with van der Waals surface area (Å²) in [6, 6.07) is -0.0178. The van der Waals surface area contributed by atoms with Gasteiger partial charge in [-0.15, -0.1) is 0 Å². The van der Waals surface area contributed by atoms with Crippen LogP contribution in [0.4, 0.5) is 17.6 Å². The highest BCUT2D eigenvalue weighted by atomic mass is 19.3. The largest absolute Gasteiger partial charge is 0.388 e. The fourth-order valence-corrected chi connectivity index (χ4v) is 4.81. The van der Waals surface area contributed by atoms with Gasteiger partial charge in [0.05, 0.1) is 31.3 Å². The lowest BCUT2D eigenvalue weighted by Gasteiger charge is -2.30. The first kappa shape index (κ1) is 21.3. The maximum absolute atomic E-state index is 13.3. The van der Waals surface area contributed by atoms with Gasteiger partial charge < -0.3 is 24.8 Å². The number of hydrogen-bond donors (Lipinski definition) is 2. The molecular weight excluding hydrogens is 396 g/mol. The normalized spacial score (nSPS) is 39.1. The Morgan fingerprint density at radius 2 is 1.83 bits per heavy atom. The Morgan fingerprint density at radius 1 is 1.10 bits per heavy atom. The summed E-state index contributed by atoms with van der Waals surface area (Å²) < 4.78 is 64.7. The minimum absolute atomic E-state index is 0.00162. The molecule has 4 rings (SSSR count). The maximum Gasteiger partial charge on any atom is 0.267 e. The second-order valence-electron chi connectivity index (χ2n) is 8.83. The average molecular weight is 424 g/mol. The smallest absolute Gasteiger partial charge is 0.267 e. The number of likely N-dealkylation sites (tertiary alicyclic amines) is 1. The van der Waals surface area contributed by atoms with Crippen LogP contribution in [0, 0.1) is 0 Å². The number of aliphatic hydroxyl groups excluding tert-OH is 1. The van der Waals surface area contributed by atoms with E-state index in [9.17, 15) is 27.5 Å². The third kappa shape index (κ3) is 4.86. The average Bonchev–Trinajstić information content (AvgIpc) is 3.28. The zero-order valence-corrected chi connectivity index (χ0v) is 16.2. The van der Waals surface area contributed by atoms with Crippen LogP contribution in [-0.2, 0) is 14.3 Å². The highest BCUT2D eigenvalue weighted by molar-refractivity contribution is 5.77. The number of carbonyl (C=O) groups is 1. The van der Waals surface area contributed by atoms with Gasteiger partial charge in [0, 0.05) is 44.8 Å². The van der Waals surface area contributed by atoms with Gasteiger partial charge in [0.25, 0.3) is 5.92 Å². The minimum atomic E-state index is -2.82. The number of carbonyl (C=O) groups excluding carboxylic acids is 1. The summed E-state index contributed by atoms with van der Waals surface area (Å²) in [5.74, 6) is -5.77. The molecule has 166 valence electrons. The van der Waals surface area contributed by atoms with Crippen molar-refractivity contribution in [1.29, 1.82) is 0 Å². The molecule has 0 bridgehead atoms. The summed E-state index contributed by atoms with van der Waals surface area (Å²) in [6.07, 6.45) is -2.14. The van der Waals surface area contributed by atoms with Gasteiger partial charge in [-0.05, 0) is 12.8 Å². The second-order valence-corrected chi connectivity index (χ2v) is 8.83. The Bertz CT molecular complexity index is 613. The summed E-state index contributed by atoms with van der Waals surface area (Å²) in [5.41, 5.74) is 0. The number of ether oxygens (including phenoxy) is 2. The number of amides is 1. The van der Waals surface area contributed by atoms with Crippen LogP contribution in [0.25, 0.3) is 0 Å². The molecule has 3 aliphatic heterocycles. The lowest BCUT2D eigenvalue weighted by atomic mass is 9.92. The van der Waals surface area contributed by atoms with E-state index in [0.717, 1.165) is 4.90 Å². The Kier molecular flexibility index (Phi) is 5.82. The van der Waals surface area contributed by atoms with Gasteiger partial charge in [-0.25, -0.2) is 17.6 Å². The lowest BCUT2D eigenvalue weighted by molar-refractivity contribution is -0.135. The Labute approximate surface area is 166 Å². The minimum Gasteiger partial charge on any atom is -0.388 e. The topological polar surface area (TPSA) is 71.0 Å². The predicted molar refractivity (Wildman–Crippen MR) is 93.9 cm³/mol. The van der Waals surface area contributed by atoms with Crippen molar-refractivity contribution in [3.8, 4) is 0 Å². The van der Waals surface area contributed by atoms with Crippen LogP contribution >= 0.6 is 0 Å². The standard InChI is InChI=1S/C19H28F4N2O4/c20-18(21)3-1-11(2-4-18)24-9-14-16(27)17-13(29-14)7-12(28-17)8-15(26)25-6-5-19(22,23)10-25/h11-14,16-17,24,27H,1-10H2. The van der Waals surface area contributed by atoms with Crippen LogP contribution < -0.4 is 5.32 Å². The molecule has 2 N–H and O–H groups in total. The van der Waals surface area contributed by atoms with Crippen molar-refractivity contribution in [2.45, 2.75) is 93.4 Å². The number of fused-ring (bicyclic) bond motifs is 1. The predicted octanol–water partition coefficient (Wildman–Crippen LogP) is 1.70. The molecule has 5 atom stereocenters. The Balaban J connectivity index is 1.20. The summed E-state index contributed by atoms with van der Waals surface area (Å²) in [5, 5.41) is 13.7. The van der Waals surface area contributed by atoms with Crippen LogP contribution in [0.3, 0.4) is 0 Å². The van der Waals surface area contributed by atoms with Gasteiger partial charge in [0.1, 0.15) is 12.2 Å². The van der Waals surface area contributed by atoms with Gasteiger partial charge in [-0.3, -0.25) is 4.79 Å². The van der Waals surface area contributed by atoms with E-state index in [-0.39, 0.29) is 50.3 Å². The van der Waals surface area contributed by atoms with E-state index >= 15 is 0 Å². The van der Waals surface area contributed by atoms with Crippen LogP contribution in [0.15, 0.2) is 0 Å². The molecule has 0 spiro atoms. The van der Waals surface area contributed by atoms with Crippen molar-refractivity contribution < 1.29 is 36.9 Å². The zero-order chi connectivity index (χ0) is 20.8. The Morgan fingerprint density at radius 3 is 2.45 bits per heavy atom. The first-order valence-corrected chi connectivity index (χ1v) is 10.4. The molecule has 6 nitrogen and oxygen atoms in total. The van der Waals surface area contributed by atoms with Crippen molar-refractivity contribution >= 4 is 5.91 Å². The highest BCUT2D eigenvalue weighted by Crippen LogP contribution is 2.37. The molecular formula is C19H28F4N2O4. The zero-order valence-electron chi connectivity index (χ0n) is 16.2. The van der Waals surface area contributed by atoms with Crippen LogP contribution in [0.2, 0.25) is 0 Å². The lowest BCUT2D eigenvalue weighted by Crippen LogP contribution is -2.44. The van der Waals surface area contributed by atoms with Gasteiger partial charge in [0.15, 0.2) is 0 Å². The highest BCUT2D eigenvalue weighted by Gasteiger charge is 2.51. The Hall–Kier alpha value is -0.970. The van der Waals surface area contributed by atoms with E-state index in [4.69, 9.17) is 9.47 Å². The monoisotopic (exact) mass is 424 g/mol. The molecule has 29 heavy (non-hydrogen) atoms. The van der Waals surface area contributed by atoms with Crippen molar-refractivity contribution in [1.82, 2.24) is 10.2 Å². The molecule has 3 heterocycles. The molecule has 4 fully saturated rings. The van der Waals surface area contributed by atoms with Crippen molar-refractivity contribution in [3.63, 3.8) is 0 Å². The van der Waals surface area contributed by atoms with Crippen LogP contribution in [-0.4, -0.2) is 84.0 Å². The third-order valence-corrected chi connectivity index (χ3v) is 6.53. The first-order valence-electron chi connectivity index (χ1n) is 10.4. The SMILES string of the molecule is O=C(CC1CC2OC(CNC3CCC(F)(F)CC3)C(O)C2O1)N1CCC(F)(F)C1. The van der Waals surface area contributed by atoms with Crippen LogP contribution in [0.5, 0.6) is 0 Å². The molecule has 4 aliphatic rings. The molecule has 0 radical (unpaired) electrons. The van der Waals surface area contributed by atoms with Gasteiger partial charge in [-0.2, -0.15) is 0 Å².